The van der Waals surface area contributed by atoms with Gasteiger partial charge in [-0.2, -0.15) is 0 Å². The zero-order valence-corrected chi connectivity index (χ0v) is 10.5. The molecule has 0 unspecified atom stereocenters. The lowest BCUT2D eigenvalue weighted by molar-refractivity contribution is 0.0933. The minimum atomic E-state index is 0.0805. The van der Waals surface area contributed by atoms with Crippen molar-refractivity contribution in [3.63, 3.8) is 0 Å². The highest BCUT2D eigenvalue weighted by Gasteiger charge is 2.15. The minimum Gasteiger partial charge on any atom is -0.349 e. The van der Waals surface area contributed by atoms with E-state index in [-0.39, 0.29) is 5.91 Å². The van der Waals surface area contributed by atoms with Crippen molar-refractivity contribution < 1.29 is 4.79 Å². The summed E-state index contributed by atoms with van der Waals surface area (Å²) in [6, 6.07) is 8.17. The van der Waals surface area contributed by atoms with Crippen LogP contribution in [0.25, 0.3) is 0 Å². The third-order valence-corrected chi connectivity index (χ3v) is 3.50. The van der Waals surface area contributed by atoms with E-state index < -0.39 is 0 Å². The van der Waals surface area contributed by atoms with Gasteiger partial charge in [0, 0.05) is 11.6 Å². The van der Waals surface area contributed by atoms with Gasteiger partial charge in [0.05, 0.1) is 0 Å². The van der Waals surface area contributed by atoms with Gasteiger partial charge < -0.3 is 5.32 Å². The second-order valence-electron chi connectivity index (χ2n) is 5.03. The van der Waals surface area contributed by atoms with E-state index in [2.05, 4.69) is 5.32 Å². The summed E-state index contributed by atoms with van der Waals surface area (Å²) in [7, 11) is 0. The summed E-state index contributed by atoms with van der Waals surface area (Å²) < 4.78 is 0. The highest BCUT2D eigenvalue weighted by atomic mass is 16.1. The van der Waals surface area contributed by atoms with Gasteiger partial charge in [0.15, 0.2) is 0 Å². The highest BCUT2D eigenvalue weighted by molar-refractivity contribution is 5.94. The maximum absolute atomic E-state index is 12.0. The van der Waals surface area contributed by atoms with Gasteiger partial charge in [-0.1, -0.05) is 43.4 Å². The van der Waals surface area contributed by atoms with Gasteiger partial charge in [0.1, 0.15) is 0 Å². The predicted molar refractivity (Wildman–Crippen MR) is 70.1 cm³/mol. The molecule has 2 rings (SSSR count). The molecule has 0 atom stereocenters. The second-order valence-corrected chi connectivity index (χ2v) is 5.03. The van der Waals surface area contributed by atoms with Crippen molar-refractivity contribution in [1.82, 2.24) is 5.32 Å². The first-order valence-corrected chi connectivity index (χ1v) is 6.63. The third kappa shape index (κ3) is 3.58. The smallest absolute Gasteiger partial charge is 0.251 e. The van der Waals surface area contributed by atoms with Crippen LogP contribution in [0.5, 0.6) is 0 Å². The largest absolute Gasteiger partial charge is 0.349 e. The monoisotopic (exact) mass is 231 g/mol. The van der Waals surface area contributed by atoms with Crippen LogP contribution in [0.15, 0.2) is 24.3 Å². The standard InChI is InChI=1S/C15H21NO/c1-12-8-10-13(11-9-12)15(17)16-14-6-4-2-3-5-7-14/h8-11,14H,2-7H2,1H3,(H,16,17). The Balaban J connectivity index is 1.93. The number of hydrogen-bond donors (Lipinski definition) is 1. The molecule has 1 aromatic rings. The van der Waals surface area contributed by atoms with E-state index in [4.69, 9.17) is 0 Å². The average Bonchev–Trinajstić information content (AvgIpc) is 2.58. The molecule has 1 aliphatic carbocycles. The molecule has 1 aromatic carbocycles. The van der Waals surface area contributed by atoms with E-state index in [9.17, 15) is 4.79 Å². The molecule has 2 heteroatoms. The van der Waals surface area contributed by atoms with Crippen LogP contribution in [0.4, 0.5) is 0 Å². The van der Waals surface area contributed by atoms with E-state index >= 15 is 0 Å². The average molecular weight is 231 g/mol. The Kier molecular flexibility index (Phi) is 4.18. The molecule has 0 spiro atoms. The molecule has 0 radical (unpaired) electrons. The molecule has 92 valence electrons. The van der Waals surface area contributed by atoms with Crippen molar-refractivity contribution in [2.24, 2.45) is 0 Å². The Hall–Kier alpha value is -1.31. The van der Waals surface area contributed by atoms with E-state index in [0.29, 0.717) is 6.04 Å². The summed E-state index contributed by atoms with van der Waals surface area (Å²) in [5.41, 5.74) is 1.97. The summed E-state index contributed by atoms with van der Waals surface area (Å²) in [6.07, 6.45) is 7.40. The van der Waals surface area contributed by atoms with Crippen LogP contribution >= 0.6 is 0 Å². The molecule has 0 heterocycles. The third-order valence-electron chi connectivity index (χ3n) is 3.50. The normalized spacial score (nSPS) is 17.5. The fraction of sp³-hybridized carbons (Fsp3) is 0.533. The summed E-state index contributed by atoms with van der Waals surface area (Å²) in [5.74, 6) is 0.0805. The zero-order chi connectivity index (χ0) is 12.1. The summed E-state index contributed by atoms with van der Waals surface area (Å²) >= 11 is 0. The zero-order valence-electron chi connectivity index (χ0n) is 10.5. The molecule has 1 N–H and O–H groups in total. The van der Waals surface area contributed by atoms with Gasteiger partial charge in [0.25, 0.3) is 5.91 Å². The molecule has 0 aliphatic heterocycles. The summed E-state index contributed by atoms with van der Waals surface area (Å²) in [6.45, 7) is 2.03. The quantitative estimate of drug-likeness (QED) is 0.776. The van der Waals surface area contributed by atoms with Crippen LogP contribution in [0.3, 0.4) is 0 Å². The van der Waals surface area contributed by atoms with Gasteiger partial charge in [-0.25, -0.2) is 0 Å². The molecule has 0 saturated heterocycles. The van der Waals surface area contributed by atoms with Crippen molar-refractivity contribution in [2.75, 3.05) is 0 Å². The number of rotatable bonds is 2. The van der Waals surface area contributed by atoms with Gasteiger partial charge in [-0.05, 0) is 31.9 Å². The van der Waals surface area contributed by atoms with Crippen LogP contribution in [0.1, 0.15) is 54.4 Å². The van der Waals surface area contributed by atoms with Crippen molar-refractivity contribution in [2.45, 2.75) is 51.5 Å². The number of nitrogens with one attached hydrogen (secondary N) is 1. The van der Waals surface area contributed by atoms with Crippen molar-refractivity contribution >= 4 is 5.91 Å². The summed E-state index contributed by atoms with van der Waals surface area (Å²) in [5, 5.41) is 3.16. The minimum absolute atomic E-state index is 0.0805. The molecule has 2 nitrogen and oxygen atoms in total. The lowest BCUT2D eigenvalue weighted by Crippen LogP contribution is -2.34. The summed E-state index contributed by atoms with van der Waals surface area (Å²) in [4.78, 5) is 12.0. The fourth-order valence-electron chi connectivity index (χ4n) is 2.40. The van der Waals surface area contributed by atoms with Gasteiger partial charge in [0.2, 0.25) is 0 Å². The van der Waals surface area contributed by atoms with E-state index in [1.165, 1.54) is 31.2 Å². The Morgan fingerprint density at radius 3 is 2.24 bits per heavy atom. The Labute approximate surface area is 103 Å². The maximum Gasteiger partial charge on any atom is 0.251 e. The predicted octanol–water partition coefficient (Wildman–Crippen LogP) is 3.45. The molecule has 1 aliphatic rings. The SMILES string of the molecule is Cc1ccc(C(=O)NC2CCCCCC2)cc1. The molecule has 1 fully saturated rings. The molecule has 1 saturated carbocycles. The van der Waals surface area contributed by atoms with Gasteiger partial charge in [-0.15, -0.1) is 0 Å². The number of benzene rings is 1. The molecule has 1 amide bonds. The fourth-order valence-corrected chi connectivity index (χ4v) is 2.40. The Morgan fingerprint density at radius 1 is 1.06 bits per heavy atom. The molecule has 0 aromatic heterocycles. The number of carbonyl (C=O) groups is 1. The van der Waals surface area contributed by atoms with Crippen molar-refractivity contribution in [1.29, 1.82) is 0 Å². The lowest BCUT2D eigenvalue weighted by Gasteiger charge is -2.16. The maximum atomic E-state index is 12.0. The van der Waals surface area contributed by atoms with Crippen molar-refractivity contribution in [3.05, 3.63) is 35.4 Å². The van der Waals surface area contributed by atoms with E-state index in [1.807, 2.05) is 31.2 Å². The van der Waals surface area contributed by atoms with E-state index in [0.717, 1.165) is 18.4 Å². The van der Waals surface area contributed by atoms with Crippen molar-refractivity contribution in [3.8, 4) is 0 Å². The number of hydrogen-bond acceptors (Lipinski definition) is 1. The number of aryl methyl sites for hydroxylation is 1. The molecular weight excluding hydrogens is 210 g/mol. The molecule has 17 heavy (non-hydrogen) atoms. The van der Waals surface area contributed by atoms with Crippen LogP contribution in [-0.2, 0) is 0 Å². The topological polar surface area (TPSA) is 29.1 Å². The first-order chi connectivity index (χ1) is 8.25. The van der Waals surface area contributed by atoms with Crippen LogP contribution in [-0.4, -0.2) is 11.9 Å². The van der Waals surface area contributed by atoms with Crippen LogP contribution in [0.2, 0.25) is 0 Å². The molecular formula is C15H21NO. The highest BCUT2D eigenvalue weighted by Crippen LogP contribution is 2.17. The second kappa shape index (κ2) is 5.85. The van der Waals surface area contributed by atoms with Gasteiger partial charge in [-0.3, -0.25) is 4.79 Å². The Bertz CT molecular complexity index is 361. The van der Waals surface area contributed by atoms with E-state index in [1.54, 1.807) is 0 Å². The number of amides is 1. The van der Waals surface area contributed by atoms with Crippen LogP contribution in [0, 0.1) is 6.92 Å². The lowest BCUT2D eigenvalue weighted by atomic mass is 10.1. The van der Waals surface area contributed by atoms with Gasteiger partial charge >= 0.3 is 0 Å². The molecule has 0 bridgehead atoms. The number of carbonyl (C=O) groups excluding carboxylic acids is 1. The first-order valence-electron chi connectivity index (χ1n) is 6.63. The Morgan fingerprint density at radius 2 is 1.65 bits per heavy atom. The van der Waals surface area contributed by atoms with Crippen LogP contribution < -0.4 is 5.32 Å². The first kappa shape index (κ1) is 12.2.